The third-order valence-corrected chi connectivity index (χ3v) is 6.29. The number of nitrogens with one attached hydrogen (secondary N) is 2. The molecule has 1 amide bonds. The maximum absolute atomic E-state index is 12.9. The van der Waals surface area contributed by atoms with E-state index in [-0.39, 0.29) is 11.9 Å². The van der Waals surface area contributed by atoms with Crippen LogP contribution in [0.15, 0.2) is 48.5 Å². The summed E-state index contributed by atoms with van der Waals surface area (Å²) < 4.78 is 0. The van der Waals surface area contributed by atoms with Crippen LogP contribution in [-0.2, 0) is 4.79 Å². The van der Waals surface area contributed by atoms with Gasteiger partial charge in [0.15, 0.2) is 6.04 Å². The molecule has 0 saturated carbocycles. The van der Waals surface area contributed by atoms with E-state index in [9.17, 15) is 4.79 Å². The van der Waals surface area contributed by atoms with Gasteiger partial charge in [0.25, 0.3) is 5.91 Å². The summed E-state index contributed by atoms with van der Waals surface area (Å²) in [7, 11) is 0. The lowest BCUT2D eigenvalue weighted by Gasteiger charge is -2.36. The van der Waals surface area contributed by atoms with Crippen molar-refractivity contribution < 1.29 is 9.69 Å². The highest BCUT2D eigenvalue weighted by atomic mass is 35.5. The fourth-order valence-corrected chi connectivity index (χ4v) is 4.12. The van der Waals surface area contributed by atoms with Crippen molar-refractivity contribution in [3.63, 3.8) is 0 Å². The molecule has 2 N–H and O–H groups in total. The lowest BCUT2D eigenvalue weighted by molar-refractivity contribution is -0.914. The second-order valence-corrected chi connectivity index (χ2v) is 8.11. The topological polar surface area (TPSA) is 36.8 Å². The van der Waals surface area contributed by atoms with Crippen molar-refractivity contribution in [3.05, 3.63) is 59.1 Å². The van der Waals surface area contributed by atoms with Crippen molar-refractivity contribution >= 4 is 28.9 Å². The highest BCUT2D eigenvalue weighted by molar-refractivity contribution is 6.33. The number of hydrogen-bond acceptors (Lipinski definition) is 2. The zero-order valence-corrected chi connectivity index (χ0v) is 17.8. The molecule has 0 spiro atoms. The Kier molecular flexibility index (Phi) is 6.97. The van der Waals surface area contributed by atoms with Crippen molar-refractivity contribution in [2.75, 3.05) is 36.4 Å². The first kappa shape index (κ1) is 20.7. The molecule has 0 aromatic heterocycles. The first-order valence-corrected chi connectivity index (χ1v) is 10.6. The minimum Gasteiger partial charge on any atom is -0.359 e. The summed E-state index contributed by atoms with van der Waals surface area (Å²) in [5.74, 6) is 0.523. The van der Waals surface area contributed by atoms with Crippen LogP contribution in [0.4, 0.5) is 11.4 Å². The molecule has 1 fully saturated rings. The molecule has 1 saturated heterocycles. The summed E-state index contributed by atoms with van der Waals surface area (Å²) >= 11 is 6.34. The van der Waals surface area contributed by atoms with Gasteiger partial charge in [-0.25, -0.2) is 0 Å². The molecular formula is C23H31ClN3O+. The summed E-state index contributed by atoms with van der Waals surface area (Å²) in [6.45, 7) is 10.1. The molecule has 2 atom stereocenters. The minimum atomic E-state index is -0.0848. The predicted octanol–water partition coefficient (Wildman–Crippen LogP) is 3.59. The second-order valence-electron chi connectivity index (χ2n) is 7.70. The second kappa shape index (κ2) is 9.44. The van der Waals surface area contributed by atoms with E-state index in [0.29, 0.717) is 5.92 Å². The van der Waals surface area contributed by atoms with Gasteiger partial charge >= 0.3 is 0 Å². The van der Waals surface area contributed by atoms with Gasteiger partial charge in [-0.1, -0.05) is 55.8 Å². The number of quaternary nitrogens is 1. The van der Waals surface area contributed by atoms with Crippen molar-refractivity contribution in [1.82, 2.24) is 0 Å². The Balaban J connectivity index is 1.60. The molecule has 3 rings (SSSR count). The number of amides is 1. The standard InChI is InChI=1S/C23H30ClN3O/c1-4-17(2)19-9-5-7-11-21(19)25-23(28)18(3)26-13-15-27(16-14-26)22-12-8-6-10-20(22)24/h5-12,17-18H,4,13-16H2,1-3H3,(H,25,28)/p+1/t17-,18+/m1/s1. The zero-order valence-electron chi connectivity index (χ0n) is 17.0. The first-order valence-electron chi connectivity index (χ1n) is 10.2. The van der Waals surface area contributed by atoms with E-state index in [1.165, 1.54) is 10.5 Å². The molecule has 0 radical (unpaired) electrons. The Labute approximate surface area is 173 Å². The van der Waals surface area contributed by atoms with Crippen molar-refractivity contribution in [2.45, 2.75) is 39.2 Å². The normalized spacial score (nSPS) is 17.2. The largest absolute Gasteiger partial charge is 0.359 e. The minimum absolute atomic E-state index is 0.0848. The van der Waals surface area contributed by atoms with Gasteiger partial charge in [-0.2, -0.15) is 0 Å². The number of nitrogens with zero attached hydrogens (tertiary/aromatic N) is 1. The van der Waals surface area contributed by atoms with E-state index in [1.807, 2.05) is 43.3 Å². The summed E-state index contributed by atoms with van der Waals surface area (Å²) in [5.41, 5.74) is 3.25. The van der Waals surface area contributed by atoms with Crippen LogP contribution in [0.5, 0.6) is 0 Å². The average molecular weight is 401 g/mol. The van der Waals surface area contributed by atoms with Gasteiger partial charge in [0.05, 0.1) is 36.9 Å². The van der Waals surface area contributed by atoms with Crippen LogP contribution in [0.1, 0.15) is 38.7 Å². The highest BCUT2D eigenvalue weighted by Gasteiger charge is 2.30. The number of hydrogen-bond donors (Lipinski definition) is 2. The van der Waals surface area contributed by atoms with Crippen LogP contribution in [0.3, 0.4) is 0 Å². The van der Waals surface area contributed by atoms with Gasteiger partial charge < -0.3 is 15.1 Å². The quantitative estimate of drug-likeness (QED) is 0.777. The van der Waals surface area contributed by atoms with Crippen LogP contribution < -0.4 is 15.1 Å². The number of carbonyl (C=O) groups excluding carboxylic acids is 1. The molecule has 1 heterocycles. The van der Waals surface area contributed by atoms with Crippen LogP contribution in [-0.4, -0.2) is 38.1 Å². The molecule has 150 valence electrons. The Morgan fingerprint density at radius 2 is 1.75 bits per heavy atom. The Morgan fingerprint density at radius 1 is 1.11 bits per heavy atom. The van der Waals surface area contributed by atoms with E-state index in [1.54, 1.807) is 0 Å². The van der Waals surface area contributed by atoms with Gasteiger partial charge in [0.2, 0.25) is 0 Å². The fraction of sp³-hybridized carbons (Fsp3) is 0.435. The lowest BCUT2D eigenvalue weighted by atomic mass is 9.97. The summed E-state index contributed by atoms with van der Waals surface area (Å²) in [4.78, 5) is 16.5. The van der Waals surface area contributed by atoms with E-state index >= 15 is 0 Å². The van der Waals surface area contributed by atoms with E-state index in [0.717, 1.165) is 49.0 Å². The molecular weight excluding hydrogens is 370 g/mol. The lowest BCUT2D eigenvalue weighted by Crippen LogP contribution is -3.19. The van der Waals surface area contributed by atoms with Crippen LogP contribution in [0.2, 0.25) is 5.02 Å². The van der Waals surface area contributed by atoms with Crippen molar-refractivity contribution in [3.8, 4) is 0 Å². The number of carbonyl (C=O) groups is 1. The maximum Gasteiger partial charge on any atom is 0.282 e. The Bertz CT molecular complexity index is 802. The number of anilines is 2. The molecule has 1 aliphatic heterocycles. The van der Waals surface area contributed by atoms with E-state index in [2.05, 4.69) is 36.2 Å². The first-order chi connectivity index (χ1) is 13.5. The van der Waals surface area contributed by atoms with E-state index in [4.69, 9.17) is 11.6 Å². The zero-order chi connectivity index (χ0) is 20.1. The molecule has 2 aromatic carbocycles. The third kappa shape index (κ3) is 4.68. The van der Waals surface area contributed by atoms with Gasteiger partial charge in [-0.3, -0.25) is 4.79 Å². The predicted molar refractivity (Wildman–Crippen MR) is 118 cm³/mol. The Hall–Kier alpha value is -2.04. The monoisotopic (exact) mass is 400 g/mol. The molecule has 28 heavy (non-hydrogen) atoms. The number of halogens is 1. The summed E-state index contributed by atoms with van der Waals surface area (Å²) in [6.07, 6.45) is 1.05. The van der Waals surface area contributed by atoms with Gasteiger partial charge in [0.1, 0.15) is 0 Å². The number of piperazine rings is 1. The van der Waals surface area contributed by atoms with Gasteiger partial charge in [-0.15, -0.1) is 0 Å². The highest BCUT2D eigenvalue weighted by Crippen LogP contribution is 2.27. The van der Waals surface area contributed by atoms with Crippen LogP contribution in [0, 0.1) is 0 Å². The van der Waals surface area contributed by atoms with Gasteiger partial charge in [0, 0.05) is 5.69 Å². The molecule has 0 bridgehead atoms. The number of benzene rings is 2. The smallest absolute Gasteiger partial charge is 0.282 e. The maximum atomic E-state index is 12.9. The van der Waals surface area contributed by atoms with E-state index < -0.39 is 0 Å². The SMILES string of the molecule is CC[C@@H](C)c1ccccc1NC(=O)[C@H](C)[NH+]1CCN(c2ccccc2Cl)CC1. The van der Waals surface area contributed by atoms with Gasteiger partial charge in [-0.05, 0) is 43.0 Å². The van der Waals surface area contributed by atoms with Crippen molar-refractivity contribution in [2.24, 2.45) is 0 Å². The molecule has 4 nitrogen and oxygen atoms in total. The third-order valence-electron chi connectivity index (χ3n) is 5.97. The summed E-state index contributed by atoms with van der Waals surface area (Å²) in [6, 6.07) is 16.0. The number of rotatable bonds is 6. The average Bonchev–Trinajstić information content (AvgIpc) is 2.73. The van der Waals surface area contributed by atoms with Crippen LogP contribution in [0.25, 0.3) is 0 Å². The molecule has 0 unspecified atom stereocenters. The molecule has 2 aromatic rings. The Morgan fingerprint density at radius 3 is 2.43 bits per heavy atom. The molecule has 0 aliphatic carbocycles. The summed E-state index contributed by atoms with van der Waals surface area (Å²) in [5, 5.41) is 3.97. The van der Waals surface area contributed by atoms with Crippen molar-refractivity contribution in [1.29, 1.82) is 0 Å². The molecule has 5 heteroatoms. The van der Waals surface area contributed by atoms with Crippen LogP contribution >= 0.6 is 11.6 Å². The number of para-hydroxylation sites is 2. The fourth-order valence-electron chi connectivity index (χ4n) is 3.86. The molecule has 1 aliphatic rings.